The smallest absolute Gasteiger partial charge is 0.228 e. The van der Waals surface area contributed by atoms with Gasteiger partial charge in [-0.05, 0) is 48.0 Å². The molecule has 5 heteroatoms. The van der Waals surface area contributed by atoms with Gasteiger partial charge in [-0.25, -0.2) is 0 Å². The average Bonchev–Trinajstić information content (AvgIpc) is 3.15. The highest BCUT2D eigenvalue weighted by Gasteiger charge is 2.05. The normalized spacial score (nSPS) is 10.9. The summed E-state index contributed by atoms with van der Waals surface area (Å²) in [5.41, 5.74) is 5.53. The quantitative estimate of drug-likeness (QED) is 0.337. The Morgan fingerprint density at radius 2 is 1.73 bits per heavy atom. The Hall–Kier alpha value is -4.12. The van der Waals surface area contributed by atoms with Crippen molar-refractivity contribution in [3.63, 3.8) is 0 Å². The van der Waals surface area contributed by atoms with Gasteiger partial charge in [0, 0.05) is 28.9 Å². The molecule has 3 N–H and O–H groups in total. The van der Waals surface area contributed by atoms with Crippen LogP contribution in [0.15, 0.2) is 85.5 Å². The minimum atomic E-state index is -0.0860. The van der Waals surface area contributed by atoms with Crippen molar-refractivity contribution < 1.29 is 4.79 Å². The van der Waals surface area contributed by atoms with Crippen molar-refractivity contribution in [3.05, 3.63) is 96.7 Å². The van der Waals surface area contributed by atoms with Crippen molar-refractivity contribution in [2.45, 2.75) is 6.42 Å². The molecule has 0 aliphatic carbocycles. The first-order chi connectivity index (χ1) is 14.7. The molecule has 0 fully saturated rings. The van der Waals surface area contributed by atoms with Gasteiger partial charge in [-0.3, -0.25) is 9.89 Å². The number of carbonyl (C=O) groups is 1. The molecule has 0 spiro atoms. The van der Waals surface area contributed by atoms with Gasteiger partial charge in [-0.15, -0.1) is 6.58 Å². The number of H-pyrrole nitrogens is 1. The molecule has 1 heterocycles. The van der Waals surface area contributed by atoms with Crippen molar-refractivity contribution in [2.75, 3.05) is 10.6 Å². The molecular weight excluding hydrogens is 372 g/mol. The topological polar surface area (TPSA) is 69.8 Å². The fourth-order valence-corrected chi connectivity index (χ4v) is 3.17. The average molecular weight is 394 g/mol. The SMILES string of the molecule is C=CCC(=O)Nc1cccc(Nc2ccc3c(/C=C/c4ccccc4)n[nH]c3c2)c1. The molecule has 148 valence electrons. The molecule has 0 aliphatic heterocycles. The summed E-state index contributed by atoms with van der Waals surface area (Å²) in [5, 5.41) is 14.8. The fraction of sp³-hybridized carbons (Fsp3) is 0.0400. The Bertz CT molecular complexity index is 1210. The minimum absolute atomic E-state index is 0.0860. The van der Waals surface area contributed by atoms with Crippen LogP contribution in [0.5, 0.6) is 0 Å². The number of rotatable bonds is 7. The summed E-state index contributed by atoms with van der Waals surface area (Å²) < 4.78 is 0. The van der Waals surface area contributed by atoms with Crippen LogP contribution in [0.25, 0.3) is 23.1 Å². The second-order valence-electron chi connectivity index (χ2n) is 6.86. The standard InChI is InChI=1S/C25H22N4O/c1-2-7-25(30)27-20-11-6-10-19(16-20)26-21-13-14-22-23(28-29-24(22)17-21)15-12-18-8-4-3-5-9-18/h2-6,8-17,26H,1,7H2,(H,27,30)(H,28,29)/b15-12+. The van der Waals surface area contributed by atoms with E-state index >= 15 is 0 Å². The summed E-state index contributed by atoms with van der Waals surface area (Å²) in [5.74, 6) is -0.0860. The molecule has 30 heavy (non-hydrogen) atoms. The predicted octanol–water partition coefficient (Wildman–Crippen LogP) is 5.99. The van der Waals surface area contributed by atoms with Crippen molar-refractivity contribution in [3.8, 4) is 0 Å². The largest absolute Gasteiger partial charge is 0.355 e. The lowest BCUT2D eigenvalue weighted by Crippen LogP contribution is -2.09. The van der Waals surface area contributed by atoms with E-state index in [2.05, 4.69) is 39.5 Å². The van der Waals surface area contributed by atoms with E-state index in [4.69, 9.17) is 0 Å². The molecule has 4 rings (SSSR count). The third-order valence-corrected chi connectivity index (χ3v) is 4.59. The highest BCUT2D eigenvalue weighted by molar-refractivity contribution is 5.93. The zero-order valence-corrected chi connectivity index (χ0v) is 16.4. The van der Waals surface area contributed by atoms with Crippen LogP contribution < -0.4 is 10.6 Å². The molecule has 0 saturated carbocycles. The number of amides is 1. The number of aromatic amines is 1. The molecule has 4 aromatic rings. The maximum atomic E-state index is 11.8. The van der Waals surface area contributed by atoms with Gasteiger partial charge in [0.15, 0.2) is 0 Å². The van der Waals surface area contributed by atoms with Gasteiger partial charge >= 0.3 is 0 Å². The number of benzene rings is 3. The Kier molecular flexibility index (Phi) is 5.71. The minimum Gasteiger partial charge on any atom is -0.355 e. The monoisotopic (exact) mass is 394 g/mol. The van der Waals surface area contributed by atoms with Gasteiger partial charge in [-0.1, -0.05) is 48.6 Å². The molecule has 5 nitrogen and oxygen atoms in total. The Morgan fingerprint density at radius 1 is 0.933 bits per heavy atom. The number of nitrogens with zero attached hydrogens (tertiary/aromatic N) is 1. The summed E-state index contributed by atoms with van der Waals surface area (Å²) >= 11 is 0. The highest BCUT2D eigenvalue weighted by Crippen LogP contribution is 2.25. The van der Waals surface area contributed by atoms with E-state index in [-0.39, 0.29) is 12.3 Å². The Balaban J connectivity index is 1.50. The number of hydrogen-bond acceptors (Lipinski definition) is 3. The fourth-order valence-electron chi connectivity index (χ4n) is 3.17. The van der Waals surface area contributed by atoms with Crippen molar-refractivity contribution in [1.82, 2.24) is 10.2 Å². The number of carbonyl (C=O) groups excluding carboxylic acids is 1. The van der Waals surface area contributed by atoms with Crippen LogP contribution in [-0.4, -0.2) is 16.1 Å². The lowest BCUT2D eigenvalue weighted by atomic mass is 10.1. The molecule has 0 saturated heterocycles. The van der Waals surface area contributed by atoms with Crippen LogP contribution in [0.2, 0.25) is 0 Å². The molecule has 0 unspecified atom stereocenters. The predicted molar refractivity (Wildman–Crippen MR) is 125 cm³/mol. The van der Waals surface area contributed by atoms with E-state index in [1.807, 2.05) is 72.8 Å². The number of anilines is 3. The van der Waals surface area contributed by atoms with Crippen LogP contribution in [0.3, 0.4) is 0 Å². The van der Waals surface area contributed by atoms with Crippen molar-refractivity contribution in [2.24, 2.45) is 0 Å². The second-order valence-corrected chi connectivity index (χ2v) is 6.86. The molecule has 0 bridgehead atoms. The van der Waals surface area contributed by atoms with Crippen LogP contribution >= 0.6 is 0 Å². The summed E-state index contributed by atoms with van der Waals surface area (Å²) in [6.07, 6.45) is 5.93. The first-order valence-electron chi connectivity index (χ1n) is 9.70. The first-order valence-corrected chi connectivity index (χ1v) is 9.70. The number of fused-ring (bicyclic) bond motifs is 1. The zero-order valence-electron chi connectivity index (χ0n) is 16.4. The number of nitrogens with one attached hydrogen (secondary N) is 3. The summed E-state index contributed by atoms with van der Waals surface area (Å²) in [7, 11) is 0. The van der Waals surface area contributed by atoms with E-state index in [0.717, 1.165) is 39.2 Å². The zero-order chi connectivity index (χ0) is 20.8. The molecule has 1 amide bonds. The van der Waals surface area contributed by atoms with Gasteiger partial charge in [0.25, 0.3) is 0 Å². The molecule has 3 aromatic carbocycles. The Morgan fingerprint density at radius 3 is 2.57 bits per heavy atom. The molecule has 0 atom stereocenters. The summed E-state index contributed by atoms with van der Waals surface area (Å²) in [4.78, 5) is 11.8. The lowest BCUT2D eigenvalue weighted by molar-refractivity contribution is -0.115. The van der Waals surface area contributed by atoms with Crippen molar-refractivity contribution in [1.29, 1.82) is 0 Å². The maximum Gasteiger partial charge on any atom is 0.228 e. The van der Waals surface area contributed by atoms with Crippen LogP contribution in [0.4, 0.5) is 17.1 Å². The van der Waals surface area contributed by atoms with E-state index < -0.39 is 0 Å². The van der Waals surface area contributed by atoms with Gasteiger partial charge < -0.3 is 10.6 Å². The second kappa shape index (κ2) is 8.92. The van der Waals surface area contributed by atoms with Crippen molar-refractivity contribution >= 4 is 46.0 Å². The van der Waals surface area contributed by atoms with Crippen LogP contribution in [-0.2, 0) is 4.79 Å². The highest BCUT2D eigenvalue weighted by atomic mass is 16.1. The van der Waals surface area contributed by atoms with Gasteiger partial charge in [0.2, 0.25) is 5.91 Å². The molecule has 0 aliphatic rings. The van der Waals surface area contributed by atoms with Gasteiger partial charge in [-0.2, -0.15) is 5.10 Å². The maximum absolute atomic E-state index is 11.8. The number of aromatic nitrogens is 2. The van der Waals surface area contributed by atoms with E-state index in [9.17, 15) is 4.79 Å². The lowest BCUT2D eigenvalue weighted by Gasteiger charge is -2.09. The van der Waals surface area contributed by atoms with Crippen LogP contribution in [0, 0.1) is 0 Å². The Labute approximate surface area is 175 Å². The molecule has 1 aromatic heterocycles. The van der Waals surface area contributed by atoms with E-state index in [1.54, 1.807) is 6.08 Å². The summed E-state index contributed by atoms with van der Waals surface area (Å²) in [6, 6.07) is 23.8. The van der Waals surface area contributed by atoms with Crippen LogP contribution in [0.1, 0.15) is 17.7 Å². The van der Waals surface area contributed by atoms with Gasteiger partial charge in [0.1, 0.15) is 0 Å². The van der Waals surface area contributed by atoms with E-state index in [1.165, 1.54) is 0 Å². The molecular formula is C25H22N4O. The number of hydrogen-bond donors (Lipinski definition) is 3. The van der Waals surface area contributed by atoms with Gasteiger partial charge in [0.05, 0.1) is 11.2 Å². The first kappa shape index (κ1) is 19.2. The third kappa shape index (κ3) is 4.64. The molecule has 0 radical (unpaired) electrons. The summed E-state index contributed by atoms with van der Waals surface area (Å²) in [6.45, 7) is 3.58. The van der Waals surface area contributed by atoms with E-state index in [0.29, 0.717) is 0 Å². The third-order valence-electron chi connectivity index (χ3n) is 4.59.